The molecule has 0 aliphatic heterocycles. The van der Waals surface area contributed by atoms with Crippen LogP contribution in [0.5, 0.6) is 0 Å². The number of phosphoric acid groups is 3. The minimum atomic E-state index is -5.35. The molecule has 14 heteroatoms. The average Bonchev–Trinajstić information content (AvgIpc) is 1.78. The summed E-state index contributed by atoms with van der Waals surface area (Å²) in [5.74, 6) is 0. The Hall–Kier alpha value is 2.05. The molecule has 15 heavy (non-hydrogen) atoms. The van der Waals surface area contributed by atoms with Crippen molar-refractivity contribution in [1.82, 2.24) is 0 Å². The van der Waals surface area contributed by atoms with Crippen molar-refractivity contribution in [1.29, 1.82) is 0 Å². The molecule has 0 heterocycles. The Morgan fingerprint density at radius 3 is 1.60 bits per heavy atom. The van der Waals surface area contributed by atoms with Crippen LogP contribution in [0.15, 0.2) is 0 Å². The second-order valence-electron chi connectivity index (χ2n) is 1.77. The van der Waals surface area contributed by atoms with E-state index in [9.17, 15) is 13.7 Å². The monoisotopic (exact) mass is 312 g/mol. The van der Waals surface area contributed by atoms with Crippen molar-refractivity contribution in [2.45, 2.75) is 0 Å². The molecule has 0 bridgehead atoms. The van der Waals surface area contributed by atoms with Crippen LogP contribution in [0.2, 0.25) is 0 Å². The molecular weight excluding hydrogens is 304 g/mol. The van der Waals surface area contributed by atoms with Gasteiger partial charge in [0, 0.05) is 7.11 Å². The van der Waals surface area contributed by atoms with Gasteiger partial charge in [-0.25, -0.2) is 13.7 Å². The van der Waals surface area contributed by atoms with Gasteiger partial charge in [-0.05, 0) is 0 Å². The van der Waals surface area contributed by atoms with Gasteiger partial charge in [0.2, 0.25) is 0 Å². The topological polar surface area (TPSA) is 160 Å². The summed E-state index contributed by atoms with van der Waals surface area (Å²) < 4.78 is 41.6. The predicted molar refractivity (Wildman–Crippen MR) is 42.0 cm³/mol. The van der Waals surface area contributed by atoms with Crippen LogP contribution in [0, 0.1) is 0 Å². The first-order valence-electron chi connectivity index (χ1n) is 2.67. The zero-order valence-corrected chi connectivity index (χ0v) is 13.4. The van der Waals surface area contributed by atoms with Gasteiger partial charge in [0.15, 0.2) is 0 Å². The molecular formula is CH8KO10P3. The molecule has 0 saturated heterocycles. The minimum absolute atomic E-state index is 0. The fraction of sp³-hybridized carbons (Fsp3) is 1.00. The third-order valence-corrected chi connectivity index (χ3v) is 4.44. The van der Waals surface area contributed by atoms with Crippen molar-refractivity contribution in [3.05, 3.63) is 0 Å². The molecule has 0 spiro atoms. The van der Waals surface area contributed by atoms with E-state index >= 15 is 0 Å². The van der Waals surface area contributed by atoms with E-state index in [1.165, 1.54) is 0 Å². The SMILES string of the molecule is COP(=O)(O)OP(=O)(O)OP(=O)(O)O.[H-].[K+]. The van der Waals surface area contributed by atoms with Gasteiger partial charge in [-0.3, -0.25) is 4.52 Å². The van der Waals surface area contributed by atoms with Gasteiger partial charge < -0.3 is 21.0 Å². The standard InChI is InChI=1S/CH7O10P3.K.H/c1-9-13(5,6)11-14(7,8)10-12(2,3)4;;/h1H3,(H,5,6)(H,7,8)(H2,2,3,4);;/q;+1;-1. The van der Waals surface area contributed by atoms with Gasteiger partial charge in [0.1, 0.15) is 0 Å². The van der Waals surface area contributed by atoms with Gasteiger partial charge in [-0.1, -0.05) is 0 Å². The summed E-state index contributed by atoms with van der Waals surface area (Å²) in [4.78, 5) is 33.2. The molecule has 0 aromatic carbocycles. The summed E-state index contributed by atoms with van der Waals surface area (Å²) in [5.41, 5.74) is 0. The van der Waals surface area contributed by atoms with Crippen LogP contribution >= 0.6 is 23.5 Å². The van der Waals surface area contributed by atoms with Gasteiger partial charge in [-0.15, -0.1) is 0 Å². The first-order chi connectivity index (χ1) is 5.97. The van der Waals surface area contributed by atoms with E-state index in [1.807, 2.05) is 0 Å². The molecule has 0 rings (SSSR count). The Labute approximate surface area is 128 Å². The van der Waals surface area contributed by atoms with Crippen molar-refractivity contribution >= 4 is 23.5 Å². The summed E-state index contributed by atoms with van der Waals surface area (Å²) in [7, 11) is -14.8. The Morgan fingerprint density at radius 1 is 0.933 bits per heavy atom. The maximum atomic E-state index is 10.6. The molecule has 2 atom stereocenters. The zero-order chi connectivity index (χ0) is 11.6. The Kier molecular flexibility index (Phi) is 8.84. The van der Waals surface area contributed by atoms with E-state index in [4.69, 9.17) is 19.6 Å². The maximum absolute atomic E-state index is 10.6. The molecule has 10 nitrogen and oxygen atoms in total. The van der Waals surface area contributed by atoms with Crippen LogP contribution in [-0.4, -0.2) is 26.7 Å². The molecule has 0 aliphatic rings. The molecule has 0 fully saturated rings. The Bertz CT molecular complexity index is 335. The third kappa shape index (κ3) is 10.9. The van der Waals surface area contributed by atoms with Crippen molar-refractivity contribution in [3.63, 3.8) is 0 Å². The summed E-state index contributed by atoms with van der Waals surface area (Å²) in [6.45, 7) is 0. The second kappa shape index (κ2) is 6.84. The van der Waals surface area contributed by atoms with Gasteiger partial charge in [0.25, 0.3) is 0 Å². The first-order valence-corrected chi connectivity index (χ1v) is 7.19. The van der Waals surface area contributed by atoms with Crippen LogP contribution in [0.25, 0.3) is 0 Å². The summed E-state index contributed by atoms with van der Waals surface area (Å²) in [6.07, 6.45) is 0. The van der Waals surface area contributed by atoms with Crippen molar-refractivity contribution in [2.75, 3.05) is 7.11 Å². The molecule has 2 unspecified atom stereocenters. The molecule has 0 saturated carbocycles. The van der Waals surface area contributed by atoms with Crippen LogP contribution in [0.3, 0.4) is 0 Å². The first kappa shape index (κ1) is 19.4. The molecule has 0 aliphatic carbocycles. The second-order valence-corrected chi connectivity index (χ2v) is 6.30. The molecule has 0 radical (unpaired) electrons. The number of rotatable bonds is 5. The van der Waals surface area contributed by atoms with E-state index in [0.717, 1.165) is 0 Å². The van der Waals surface area contributed by atoms with Crippen LogP contribution < -0.4 is 51.4 Å². The predicted octanol–water partition coefficient (Wildman–Crippen LogP) is -2.92. The van der Waals surface area contributed by atoms with E-state index in [1.54, 1.807) is 0 Å². The maximum Gasteiger partial charge on any atom is 1.00 e. The Morgan fingerprint density at radius 2 is 1.33 bits per heavy atom. The minimum Gasteiger partial charge on any atom is -1.00 e. The normalized spacial score (nSPS) is 19.8. The number of phosphoric ester groups is 1. The van der Waals surface area contributed by atoms with Gasteiger partial charge in [-0.2, -0.15) is 8.62 Å². The van der Waals surface area contributed by atoms with E-state index < -0.39 is 23.5 Å². The molecule has 4 N–H and O–H groups in total. The van der Waals surface area contributed by atoms with Crippen molar-refractivity contribution in [2.24, 2.45) is 0 Å². The fourth-order valence-electron chi connectivity index (χ4n) is 0.313. The fourth-order valence-corrected chi connectivity index (χ4v) is 3.09. The van der Waals surface area contributed by atoms with Crippen molar-refractivity contribution in [3.8, 4) is 0 Å². The molecule has 88 valence electrons. The number of hydrogen-bond donors (Lipinski definition) is 4. The van der Waals surface area contributed by atoms with Crippen LogP contribution in [-0.2, 0) is 26.8 Å². The Balaban J connectivity index is -0.000000845. The van der Waals surface area contributed by atoms with E-state index in [-0.39, 0.29) is 52.8 Å². The summed E-state index contributed by atoms with van der Waals surface area (Å²) >= 11 is 0. The largest absolute Gasteiger partial charge is 1.00 e. The van der Waals surface area contributed by atoms with Gasteiger partial charge in [0.05, 0.1) is 0 Å². The zero-order valence-electron chi connectivity index (χ0n) is 8.58. The molecule has 0 amide bonds. The third-order valence-electron chi connectivity index (χ3n) is 0.647. The smallest absolute Gasteiger partial charge is 1.00 e. The molecule has 0 aromatic rings. The van der Waals surface area contributed by atoms with Crippen LogP contribution in [0.1, 0.15) is 1.43 Å². The van der Waals surface area contributed by atoms with E-state index in [0.29, 0.717) is 7.11 Å². The van der Waals surface area contributed by atoms with E-state index in [2.05, 4.69) is 13.1 Å². The summed E-state index contributed by atoms with van der Waals surface area (Å²) in [5, 5.41) is 0. The average molecular weight is 312 g/mol. The molecule has 0 aromatic heterocycles. The number of hydrogen-bond acceptors (Lipinski definition) is 6. The van der Waals surface area contributed by atoms with Gasteiger partial charge >= 0.3 is 74.9 Å². The van der Waals surface area contributed by atoms with Crippen molar-refractivity contribution < 1.29 is 99.2 Å². The summed E-state index contributed by atoms with van der Waals surface area (Å²) in [6, 6.07) is 0. The quantitative estimate of drug-likeness (QED) is 0.306. The van der Waals surface area contributed by atoms with Crippen LogP contribution in [0.4, 0.5) is 0 Å².